The van der Waals surface area contributed by atoms with Crippen LogP contribution in [0.5, 0.6) is 0 Å². The number of hydrogen-bond acceptors (Lipinski definition) is 14. The minimum Gasteiger partial charge on any atom is -0.462 e. The molecule has 1 aliphatic carbocycles. The lowest BCUT2D eigenvalue weighted by molar-refractivity contribution is -0.318. The molecular formula is C49H74O14. The number of carbonyl (C=O) groups is 1. The van der Waals surface area contributed by atoms with Gasteiger partial charge in [0.05, 0.1) is 49.3 Å². The Morgan fingerprint density at radius 2 is 1.57 bits per heavy atom. The standard InChI is InChI=1S/C49H74O14/c1-12-26(2)43-29(5)18-19-48(63-43)24-35-21-34(62-48)17-16-28(4)42(60-40-23-38(54-10)45(32(8)58-40)61-39-22-37(53-9)41(50)31(7)57-39)27(3)14-13-15-33-25-56-46-44(55-11)30(6)20-36(47(51)59-35)49(33,46)52/h13-16,18-20,26-27,29,31-32,34-46,50,52H,12,17,21-25H2,1-11H3/b14-13-,28-16-,33-15?/t26-,27-,29-,31-,32-,34+,35-,36-,37-,38-,39-,40-,41-,42-,43+,44+,45-,46+,48+,49+/m0/s1. The van der Waals surface area contributed by atoms with Crippen LogP contribution in [0.1, 0.15) is 93.9 Å². The first kappa shape index (κ1) is 48.6. The van der Waals surface area contributed by atoms with Crippen molar-refractivity contribution in [3.63, 3.8) is 0 Å². The number of allylic oxidation sites excluding steroid dienone is 2. The van der Waals surface area contributed by atoms with Crippen LogP contribution >= 0.6 is 0 Å². The van der Waals surface area contributed by atoms with Crippen LogP contribution in [0.3, 0.4) is 0 Å². The Hall–Kier alpha value is -2.31. The molecule has 6 aliphatic heterocycles. The van der Waals surface area contributed by atoms with E-state index in [2.05, 4.69) is 46.8 Å². The predicted molar refractivity (Wildman–Crippen MR) is 232 cm³/mol. The number of esters is 1. The summed E-state index contributed by atoms with van der Waals surface area (Å²) < 4.78 is 70.0. The van der Waals surface area contributed by atoms with Gasteiger partial charge in [-0.05, 0) is 62.8 Å². The molecule has 20 atom stereocenters. The van der Waals surface area contributed by atoms with E-state index in [0.29, 0.717) is 37.7 Å². The Kier molecular flexibility index (Phi) is 15.7. The van der Waals surface area contributed by atoms with Crippen molar-refractivity contribution in [3.05, 3.63) is 59.3 Å². The minimum atomic E-state index is -1.71. The van der Waals surface area contributed by atoms with Crippen LogP contribution in [0.25, 0.3) is 0 Å². The predicted octanol–water partition coefficient (Wildman–Crippen LogP) is 6.03. The summed E-state index contributed by atoms with van der Waals surface area (Å²) in [6.45, 7) is 16.4. The molecule has 0 unspecified atom stereocenters. The molecule has 7 rings (SSSR count). The largest absolute Gasteiger partial charge is 0.462 e. The number of ether oxygens (including phenoxy) is 11. The van der Waals surface area contributed by atoms with Crippen LogP contribution in [0.2, 0.25) is 0 Å². The number of hydrogen-bond donors (Lipinski definition) is 2. The summed E-state index contributed by atoms with van der Waals surface area (Å²) in [5, 5.41) is 23.2. The molecular weight excluding hydrogens is 813 g/mol. The number of methoxy groups -OCH3 is 3. The number of rotatable bonds is 9. The van der Waals surface area contributed by atoms with Gasteiger partial charge in [-0.3, -0.25) is 4.79 Å². The second kappa shape index (κ2) is 20.3. The van der Waals surface area contributed by atoms with Gasteiger partial charge in [0.1, 0.15) is 42.0 Å². The van der Waals surface area contributed by atoms with Gasteiger partial charge in [-0.2, -0.15) is 0 Å². The van der Waals surface area contributed by atoms with Crippen LogP contribution in [0.15, 0.2) is 59.3 Å². The van der Waals surface area contributed by atoms with E-state index in [1.165, 1.54) is 0 Å². The SMILES string of the molecule is CC[C@H](C)[C@H]1O[C@]2(C=C[C@@H]1C)C[C@@H]1C[C@@H](C/C=C(/C)[C@@H](O[C@H]3C[C@H](OC)[C@@H](O[C@H]4C[C@H](OC)[C@@H](O)[C@H](C)O4)[C@H](C)O3)[C@@H](C)/C=C\C=C3CO[C@@H]4[C@H](OC)C(C)=C[C@@H](C(=O)O1)[C@]34O)O2. The lowest BCUT2D eigenvalue weighted by Gasteiger charge is -2.48. The summed E-state index contributed by atoms with van der Waals surface area (Å²) in [6.07, 6.45) is 9.95. The van der Waals surface area contributed by atoms with E-state index in [0.717, 1.165) is 17.6 Å². The van der Waals surface area contributed by atoms with Crippen molar-refractivity contribution in [2.75, 3.05) is 27.9 Å². The first-order valence-corrected chi connectivity index (χ1v) is 23.2. The van der Waals surface area contributed by atoms with Gasteiger partial charge in [-0.15, -0.1) is 0 Å². The van der Waals surface area contributed by atoms with E-state index >= 15 is 0 Å². The van der Waals surface area contributed by atoms with Gasteiger partial charge in [-0.1, -0.05) is 70.6 Å². The van der Waals surface area contributed by atoms with Crippen molar-refractivity contribution < 1.29 is 67.1 Å². The third-order valence-electron chi connectivity index (χ3n) is 14.7. The van der Waals surface area contributed by atoms with Crippen molar-refractivity contribution >= 4 is 5.97 Å². The number of carbonyl (C=O) groups excluding carboxylic acids is 1. The highest BCUT2D eigenvalue weighted by molar-refractivity contribution is 5.78. The first-order chi connectivity index (χ1) is 30.0. The molecule has 14 heteroatoms. The molecule has 2 bridgehead atoms. The quantitative estimate of drug-likeness (QED) is 0.204. The molecule has 2 N–H and O–H groups in total. The van der Waals surface area contributed by atoms with Crippen LogP contribution in [-0.4, -0.2) is 141 Å². The monoisotopic (exact) mass is 887 g/mol. The lowest BCUT2D eigenvalue weighted by Crippen LogP contribution is -2.58. The van der Waals surface area contributed by atoms with Crippen molar-refractivity contribution in [3.8, 4) is 0 Å². The highest BCUT2D eigenvalue weighted by atomic mass is 16.7. The summed E-state index contributed by atoms with van der Waals surface area (Å²) in [7, 11) is 4.82. The van der Waals surface area contributed by atoms with E-state index < -0.39 is 90.8 Å². The maximum atomic E-state index is 14.5. The van der Waals surface area contributed by atoms with E-state index in [4.69, 9.17) is 52.1 Å². The Morgan fingerprint density at radius 1 is 0.857 bits per heavy atom. The zero-order valence-corrected chi connectivity index (χ0v) is 39.2. The number of aliphatic hydroxyl groups excluding tert-OH is 1. The minimum absolute atomic E-state index is 0.0805. The zero-order chi connectivity index (χ0) is 45.4. The zero-order valence-electron chi connectivity index (χ0n) is 39.2. The highest BCUT2D eigenvalue weighted by Gasteiger charge is 2.60. The Labute approximate surface area is 374 Å². The smallest absolute Gasteiger partial charge is 0.316 e. The molecule has 354 valence electrons. The third kappa shape index (κ3) is 10.0. The summed E-state index contributed by atoms with van der Waals surface area (Å²) in [5.74, 6) is -2.35. The van der Waals surface area contributed by atoms with Crippen molar-refractivity contribution in [2.45, 2.75) is 191 Å². The molecule has 0 radical (unpaired) electrons. The topological polar surface area (TPSA) is 159 Å². The molecule has 14 nitrogen and oxygen atoms in total. The van der Waals surface area contributed by atoms with Gasteiger partial charge in [0.25, 0.3) is 0 Å². The average Bonchev–Trinajstić information content (AvgIpc) is 3.59. The first-order valence-electron chi connectivity index (χ1n) is 23.2. The summed E-state index contributed by atoms with van der Waals surface area (Å²) in [6, 6.07) is 0. The average molecular weight is 887 g/mol. The Bertz CT molecular complexity index is 1740. The van der Waals surface area contributed by atoms with Gasteiger partial charge >= 0.3 is 5.97 Å². The summed E-state index contributed by atoms with van der Waals surface area (Å²) in [4.78, 5) is 14.5. The maximum Gasteiger partial charge on any atom is 0.316 e. The molecule has 63 heavy (non-hydrogen) atoms. The van der Waals surface area contributed by atoms with Crippen molar-refractivity contribution in [1.82, 2.24) is 0 Å². The third-order valence-corrected chi connectivity index (χ3v) is 14.7. The molecule has 6 heterocycles. The van der Waals surface area contributed by atoms with Crippen LogP contribution in [-0.2, 0) is 56.9 Å². The van der Waals surface area contributed by atoms with Gasteiger partial charge in [0.15, 0.2) is 18.4 Å². The Morgan fingerprint density at radius 3 is 2.29 bits per heavy atom. The molecule has 0 aromatic heterocycles. The lowest BCUT2D eigenvalue weighted by atomic mass is 9.70. The molecule has 0 amide bonds. The summed E-state index contributed by atoms with van der Waals surface area (Å²) >= 11 is 0. The Balaban J connectivity index is 1.19. The maximum absolute atomic E-state index is 14.5. The van der Waals surface area contributed by atoms with Gasteiger partial charge in [0, 0.05) is 58.8 Å². The molecule has 4 saturated heterocycles. The fourth-order valence-corrected chi connectivity index (χ4v) is 10.9. The van der Waals surface area contributed by atoms with Crippen molar-refractivity contribution in [2.24, 2.45) is 23.7 Å². The van der Waals surface area contributed by atoms with E-state index in [1.54, 1.807) is 34.3 Å². The number of fused-ring (bicyclic) bond motifs is 2. The van der Waals surface area contributed by atoms with Crippen LogP contribution in [0, 0.1) is 23.7 Å². The highest BCUT2D eigenvalue weighted by Crippen LogP contribution is 2.48. The molecule has 1 spiro atoms. The van der Waals surface area contributed by atoms with Crippen molar-refractivity contribution in [1.29, 1.82) is 0 Å². The van der Waals surface area contributed by atoms with E-state index in [9.17, 15) is 15.0 Å². The van der Waals surface area contributed by atoms with E-state index in [1.807, 2.05) is 38.2 Å². The normalized spacial score (nSPS) is 47.7. The molecule has 0 aromatic rings. The fourth-order valence-electron chi connectivity index (χ4n) is 10.9. The summed E-state index contributed by atoms with van der Waals surface area (Å²) in [5.41, 5.74) is 0.626. The molecule has 0 saturated carbocycles. The van der Waals surface area contributed by atoms with E-state index in [-0.39, 0.29) is 42.7 Å². The van der Waals surface area contributed by atoms with Gasteiger partial charge in [-0.25, -0.2) is 0 Å². The molecule has 7 aliphatic rings. The molecule has 0 aromatic carbocycles. The molecule has 4 fully saturated rings. The fraction of sp³-hybridized carbons (Fsp3) is 0.776. The van der Waals surface area contributed by atoms with Crippen LogP contribution < -0.4 is 0 Å². The number of aliphatic hydroxyl groups is 2. The second-order valence-corrected chi connectivity index (χ2v) is 19.2. The van der Waals surface area contributed by atoms with Gasteiger partial charge in [0.2, 0.25) is 0 Å². The van der Waals surface area contributed by atoms with Crippen LogP contribution in [0.4, 0.5) is 0 Å². The van der Waals surface area contributed by atoms with Gasteiger partial charge < -0.3 is 62.3 Å². The second-order valence-electron chi connectivity index (χ2n) is 19.2.